The molecule has 1 aliphatic carbocycles. The molecule has 0 radical (unpaired) electrons. The van der Waals surface area contributed by atoms with Crippen LogP contribution < -0.4 is 5.32 Å². The van der Waals surface area contributed by atoms with Gasteiger partial charge in [-0.1, -0.05) is 30.7 Å². The van der Waals surface area contributed by atoms with Crippen LogP contribution >= 0.6 is 22.9 Å². The fourth-order valence-electron chi connectivity index (χ4n) is 2.68. The van der Waals surface area contributed by atoms with Crippen LogP contribution in [0, 0.1) is 5.92 Å². The molecule has 2 aromatic rings. The molecule has 5 heteroatoms. The van der Waals surface area contributed by atoms with Gasteiger partial charge in [-0.25, -0.2) is 4.98 Å². The van der Waals surface area contributed by atoms with E-state index in [-0.39, 0.29) is 5.91 Å². The summed E-state index contributed by atoms with van der Waals surface area (Å²) >= 11 is 7.49. The highest BCUT2D eigenvalue weighted by Crippen LogP contribution is 2.32. The van der Waals surface area contributed by atoms with Gasteiger partial charge in [0.05, 0.1) is 5.69 Å². The summed E-state index contributed by atoms with van der Waals surface area (Å²) in [5.74, 6) is 0.746. The zero-order chi connectivity index (χ0) is 15.5. The Labute approximate surface area is 139 Å². The molecule has 1 aliphatic rings. The molecular formula is C17H19ClN2OS. The Kier molecular flexibility index (Phi) is 4.79. The van der Waals surface area contributed by atoms with Gasteiger partial charge in [0.25, 0.3) is 0 Å². The smallest absolute Gasteiger partial charge is 0.226 e. The number of anilines is 1. The number of carbonyl (C=O) groups excluding carboxylic acids is 1. The number of carbonyl (C=O) groups is 1. The Balaban J connectivity index is 1.54. The molecule has 0 aliphatic heterocycles. The molecule has 1 amide bonds. The van der Waals surface area contributed by atoms with E-state index in [9.17, 15) is 4.79 Å². The second-order valence-corrected chi connectivity index (χ2v) is 7.43. The van der Waals surface area contributed by atoms with Crippen LogP contribution in [0.4, 0.5) is 5.13 Å². The number of aromatic nitrogens is 1. The van der Waals surface area contributed by atoms with E-state index in [1.807, 2.05) is 24.3 Å². The van der Waals surface area contributed by atoms with E-state index in [0.29, 0.717) is 12.8 Å². The molecule has 0 saturated carbocycles. The average Bonchev–Trinajstić information content (AvgIpc) is 2.88. The number of amides is 1. The Bertz CT molecular complexity index is 666. The van der Waals surface area contributed by atoms with Crippen molar-refractivity contribution >= 4 is 34.0 Å². The lowest BCUT2D eigenvalue weighted by Crippen LogP contribution is -2.12. The summed E-state index contributed by atoms with van der Waals surface area (Å²) in [5.41, 5.74) is 2.29. The zero-order valence-corrected chi connectivity index (χ0v) is 14.1. The van der Waals surface area contributed by atoms with Crippen molar-refractivity contribution < 1.29 is 4.79 Å². The van der Waals surface area contributed by atoms with Gasteiger partial charge in [0.2, 0.25) is 5.91 Å². The number of nitrogens with one attached hydrogen (secondary N) is 1. The van der Waals surface area contributed by atoms with Crippen LogP contribution in [0.15, 0.2) is 24.3 Å². The van der Waals surface area contributed by atoms with Crippen molar-refractivity contribution in [3.63, 3.8) is 0 Å². The third-order valence-corrected chi connectivity index (χ3v) is 5.27. The lowest BCUT2D eigenvalue weighted by molar-refractivity contribution is -0.116. The zero-order valence-electron chi connectivity index (χ0n) is 12.6. The van der Waals surface area contributed by atoms with Gasteiger partial charge in [-0.15, -0.1) is 11.3 Å². The topological polar surface area (TPSA) is 42.0 Å². The van der Waals surface area contributed by atoms with Crippen molar-refractivity contribution in [2.45, 2.75) is 39.0 Å². The van der Waals surface area contributed by atoms with Crippen LogP contribution in [0.1, 0.15) is 35.9 Å². The first kappa shape index (κ1) is 15.5. The van der Waals surface area contributed by atoms with Crippen LogP contribution in [0.2, 0.25) is 5.02 Å². The molecule has 0 saturated heterocycles. The van der Waals surface area contributed by atoms with Crippen LogP contribution in [0.3, 0.4) is 0 Å². The highest BCUT2D eigenvalue weighted by molar-refractivity contribution is 7.15. The van der Waals surface area contributed by atoms with Gasteiger partial charge in [0, 0.05) is 16.3 Å². The third kappa shape index (κ3) is 3.87. The molecule has 1 aromatic heterocycles. The minimum absolute atomic E-state index is 0.0223. The first-order valence-corrected chi connectivity index (χ1v) is 8.82. The molecule has 0 spiro atoms. The standard InChI is InChI=1S/C17H19ClN2OS/c1-11-2-8-14-15(10-11)22-17(19-14)20-16(21)9-5-12-3-6-13(18)7-4-12/h3-4,6-7,11H,2,5,8-10H2,1H3,(H,19,20,21). The van der Waals surface area contributed by atoms with E-state index in [0.717, 1.165) is 34.5 Å². The monoisotopic (exact) mass is 334 g/mol. The van der Waals surface area contributed by atoms with E-state index < -0.39 is 0 Å². The fraction of sp³-hybridized carbons (Fsp3) is 0.412. The van der Waals surface area contributed by atoms with Crippen LogP contribution in [-0.2, 0) is 24.1 Å². The van der Waals surface area contributed by atoms with Crippen molar-refractivity contribution in [1.82, 2.24) is 4.98 Å². The van der Waals surface area contributed by atoms with Crippen molar-refractivity contribution in [3.8, 4) is 0 Å². The normalized spacial score (nSPS) is 17.1. The van der Waals surface area contributed by atoms with E-state index >= 15 is 0 Å². The Morgan fingerprint density at radius 2 is 2.18 bits per heavy atom. The van der Waals surface area contributed by atoms with Gasteiger partial charge in [0.1, 0.15) is 0 Å². The summed E-state index contributed by atoms with van der Waals surface area (Å²) in [4.78, 5) is 18.0. The number of hydrogen-bond donors (Lipinski definition) is 1. The number of rotatable bonds is 4. The lowest BCUT2D eigenvalue weighted by atomic mass is 9.93. The summed E-state index contributed by atoms with van der Waals surface area (Å²) in [6.45, 7) is 2.27. The summed E-state index contributed by atoms with van der Waals surface area (Å²) in [6.07, 6.45) is 4.50. The summed E-state index contributed by atoms with van der Waals surface area (Å²) in [5, 5.41) is 4.41. The molecule has 1 atom stereocenters. The molecule has 1 unspecified atom stereocenters. The number of fused-ring (bicyclic) bond motifs is 1. The van der Waals surface area contributed by atoms with Crippen molar-refractivity contribution in [3.05, 3.63) is 45.4 Å². The summed E-state index contributed by atoms with van der Waals surface area (Å²) < 4.78 is 0. The maximum atomic E-state index is 12.1. The largest absolute Gasteiger partial charge is 0.302 e. The van der Waals surface area contributed by atoms with Crippen LogP contribution in [-0.4, -0.2) is 10.9 Å². The summed E-state index contributed by atoms with van der Waals surface area (Å²) in [6, 6.07) is 7.62. The van der Waals surface area contributed by atoms with Crippen LogP contribution in [0.25, 0.3) is 0 Å². The number of aryl methyl sites for hydroxylation is 2. The molecule has 3 nitrogen and oxygen atoms in total. The highest BCUT2D eigenvalue weighted by Gasteiger charge is 2.20. The maximum Gasteiger partial charge on any atom is 0.226 e. The van der Waals surface area contributed by atoms with Crippen LogP contribution in [0.5, 0.6) is 0 Å². The molecule has 0 bridgehead atoms. The van der Waals surface area contributed by atoms with Gasteiger partial charge in [-0.3, -0.25) is 4.79 Å². The van der Waals surface area contributed by atoms with Crippen molar-refractivity contribution in [2.24, 2.45) is 5.92 Å². The number of thiazole rings is 1. The van der Waals surface area contributed by atoms with E-state index in [2.05, 4.69) is 17.2 Å². The Morgan fingerprint density at radius 1 is 1.41 bits per heavy atom. The number of benzene rings is 1. The lowest BCUT2D eigenvalue weighted by Gasteiger charge is -2.15. The second-order valence-electron chi connectivity index (χ2n) is 5.91. The second kappa shape index (κ2) is 6.80. The summed E-state index contributed by atoms with van der Waals surface area (Å²) in [7, 11) is 0. The average molecular weight is 335 g/mol. The molecule has 1 N–H and O–H groups in total. The van der Waals surface area contributed by atoms with Crippen molar-refractivity contribution in [1.29, 1.82) is 0 Å². The van der Waals surface area contributed by atoms with E-state index in [1.165, 1.54) is 17.0 Å². The third-order valence-electron chi connectivity index (χ3n) is 3.99. The first-order valence-electron chi connectivity index (χ1n) is 7.63. The SMILES string of the molecule is CC1CCc2nc(NC(=O)CCc3ccc(Cl)cc3)sc2C1. The Morgan fingerprint density at radius 3 is 2.95 bits per heavy atom. The minimum Gasteiger partial charge on any atom is -0.302 e. The molecule has 22 heavy (non-hydrogen) atoms. The van der Waals surface area contributed by atoms with Gasteiger partial charge in [0.15, 0.2) is 5.13 Å². The van der Waals surface area contributed by atoms with E-state index in [1.54, 1.807) is 11.3 Å². The van der Waals surface area contributed by atoms with Gasteiger partial charge in [-0.05, 0) is 49.3 Å². The van der Waals surface area contributed by atoms with Gasteiger partial charge >= 0.3 is 0 Å². The fourth-order valence-corrected chi connectivity index (χ4v) is 4.00. The predicted molar refractivity (Wildman–Crippen MR) is 91.7 cm³/mol. The molecular weight excluding hydrogens is 316 g/mol. The Hall–Kier alpha value is -1.39. The van der Waals surface area contributed by atoms with Gasteiger partial charge < -0.3 is 5.32 Å². The quantitative estimate of drug-likeness (QED) is 0.894. The molecule has 0 fully saturated rings. The maximum absolute atomic E-state index is 12.1. The molecule has 3 rings (SSSR count). The first-order chi connectivity index (χ1) is 10.6. The number of hydrogen-bond acceptors (Lipinski definition) is 3. The van der Waals surface area contributed by atoms with E-state index in [4.69, 9.17) is 11.6 Å². The van der Waals surface area contributed by atoms with Gasteiger partial charge in [-0.2, -0.15) is 0 Å². The molecule has 1 aromatic carbocycles. The number of halogens is 1. The van der Waals surface area contributed by atoms with Crippen molar-refractivity contribution in [2.75, 3.05) is 5.32 Å². The highest BCUT2D eigenvalue weighted by atomic mass is 35.5. The molecule has 116 valence electrons. The number of nitrogens with zero attached hydrogens (tertiary/aromatic N) is 1. The molecule has 1 heterocycles. The minimum atomic E-state index is 0.0223. The predicted octanol–water partition coefficient (Wildman–Crippen LogP) is 4.49.